The second-order valence-corrected chi connectivity index (χ2v) is 3.73. The van der Waals surface area contributed by atoms with Crippen molar-refractivity contribution in [3.63, 3.8) is 0 Å². The molecule has 0 fully saturated rings. The number of allylic oxidation sites excluding steroid dienone is 1. The highest BCUT2D eigenvalue weighted by molar-refractivity contribution is 6.00. The van der Waals surface area contributed by atoms with Gasteiger partial charge in [-0.3, -0.25) is 4.79 Å². The number of H-pyrrole nitrogens is 1. The Morgan fingerprint density at radius 3 is 2.76 bits per heavy atom. The molecule has 0 unspecified atom stereocenters. The summed E-state index contributed by atoms with van der Waals surface area (Å²) in [7, 11) is 1.52. The van der Waals surface area contributed by atoms with Crippen molar-refractivity contribution in [2.75, 3.05) is 7.11 Å². The number of rotatable bonds is 2. The van der Waals surface area contributed by atoms with Crippen LogP contribution in [-0.4, -0.2) is 22.6 Å². The van der Waals surface area contributed by atoms with Gasteiger partial charge in [0.2, 0.25) is 0 Å². The number of carbonyl (C=O) groups excluding carboxylic acids is 1. The van der Waals surface area contributed by atoms with E-state index in [0.717, 1.165) is 4.57 Å². The minimum Gasteiger partial charge on any atom is -0.497 e. The zero-order valence-electron chi connectivity index (χ0n) is 9.61. The lowest BCUT2D eigenvalue weighted by molar-refractivity contribution is 0.0956. The van der Waals surface area contributed by atoms with Crippen LogP contribution in [0.2, 0.25) is 0 Å². The lowest BCUT2D eigenvalue weighted by Crippen LogP contribution is -2.24. The second kappa shape index (κ2) is 3.93. The van der Waals surface area contributed by atoms with Crippen LogP contribution in [0.5, 0.6) is 5.75 Å². The van der Waals surface area contributed by atoms with Gasteiger partial charge in [0.1, 0.15) is 5.75 Å². The highest BCUT2D eigenvalue weighted by Gasteiger charge is 2.14. The molecule has 17 heavy (non-hydrogen) atoms. The zero-order valence-corrected chi connectivity index (χ0v) is 9.61. The van der Waals surface area contributed by atoms with Gasteiger partial charge in [-0.2, -0.15) is 0 Å². The molecule has 0 radical (unpaired) electrons. The van der Waals surface area contributed by atoms with Crippen molar-refractivity contribution >= 4 is 16.9 Å². The van der Waals surface area contributed by atoms with Crippen molar-refractivity contribution in [3.05, 3.63) is 40.8 Å². The Morgan fingerprint density at radius 2 is 2.18 bits per heavy atom. The molecular formula is C12H12N2O3. The summed E-state index contributed by atoms with van der Waals surface area (Å²) >= 11 is 0. The smallest absolute Gasteiger partial charge is 0.333 e. The standard InChI is InChI=1S/C12H12N2O3/c1-7(2)11(15)14-10-6-8(17-3)4-5-9(10)13-12(14)16/h4-6H,1H2,2-3H3,(H,13,16). The fraction of sp³-hybridized carbons (Fsp3) is 0.167. The lowest BCUT2D eigenvalue weighted by Gasteiger charge is -2.02. The highest BCUT2D eigenvalue weighted by atomic mass is 16.5. The van der Waals surface area contributed by atoms with Crippen LogP contribution in [0.3, 0.4) is 0 Å². The first-order valence-corrected chi connectivity index (χ1v) is 5.03. The molecule has 1 N–H and O–H groups in total. The van der Waals surface area contributed by atoms with Crippen LogP contribution in [0.1, 0.15) is 11.7 Å². The monoisotopic (exact) mass is 232 g/mol. The van der Waals surface area contributed by atoms with Gasteiger partial charge in [-0.05, 0) is 19.1 Å². The van der Waals surface area contributed by atoms with Gasteiger partial charge in [0.05, 0.1) is 18.1 Å². The van der Waals surface area contributed by atoms with E-state index in [4.69, 9.17) is 4.74 Å². The van der Waals surface area contributed by atoms with Crippen LogP contribution in [-0.2, 0) is 0 Å². The third kappa shape index (κ3) is 1.75. The number of aromatic nitrogens is 2. The van der Waals surface area contributed by atoms with Crippen molar-refractivity contribution < 1.29 is 9.53 Å². The Kier molecular flexibility index (Phi) is 2.59. The van der Waals surface area contributed by atoms with Crippen LogP contribution in [0.15, 0.2) is 35.1 Å². The molecule has 0 aliphatic carbocycles. The molecule has 0 atom stereocenters. The van der Waals surface area contributed by atoms with Crippen molar-refractivity contribution in [2.45, 2.75) is 6.92 Å². The van der Waals surface area contributed by atoms with Gasteiger partial charge in [-0.25, -0.2) is 9.36 Å². The van der Waals surface area contributed by atoms with E-state index in [1.807, 2.05) is 0 Å². The van der Waals surface area contributed by atoms with Crippen molar-refractivity contribution in [1.82, 2.24) is 9.55 Å². The van der Waals surface area contributed by atoms with E-state index in [1.54, 1.807) is 25.1 Å². The van der Waals surface area contributed by atoms with Crippen molar-refractivity contribution in [3.8, 4) is 5.75 Å². The molecule has 5 heteroatoms. The third-order valence-electron chi connectivity index (χ3n) is 2.46. The minimum absolute atomic E-state index is 0.302. The quantitative estimate of drug-likeness (QED) is 0.799. The number of ether oxygens (including phenoxy) is 1. The predicted octanol–water partition coefficient (Wildman–Crippen LogP) is 1.55. The maximum absolute atomic E-state index is 11.8. The Morgan fingerprint density at radius 1 is 1.47 bits per heavy atom. The Labute approximate surface area is 97.3 Å². The zero-order chi connectivity index (χ0) is 12.6. The van der Waals surface area contributed by atoms with E-state index in [-0.39, 0.29) is 0 Å². The number of benzene rings is 1. The number of hydrogen-bond donors (Lipinski definition) is 1. The first kappa shape index (κ1) is 11.2. The number of imidazole rings is 1. The van der Waals surface area contributed by atoms with Gasteiger partial charge in [0, 0.05) is 11.6 Å². The third-order valence-corrected chi connectivity index (χ3v) is 2.46. The maximum Gasteiger partial charge on any atom is 0.333 e. The largest absolute Gasteiger partial charge is 0.497 e. The van der Waals surface area contributed by atoms with Crippen LogP contribution >= 0.6 is 0 Å². The number of hydrogen-bond acceptors (Lipinski definition) is 3. The molecule has 0 saturated carbocycles. The molecule has 0 aliphatic rings. The van der Waals surface area contributed by atoms with Gasteiger partial charge in [-0.15, -0.1) is 0 Å². The predicted molar refractivity (Wildman–Crippen MR) is 64.6 cm³/mol. The Bertz CT molecular complexity index is 664. The number of methoxy groups -OCH3 is 1. The molecule has 88 valence electrons. The SMILES string of the molecule is C=C(C)C(=O)n1c(=O)[nH]c2ccc(OC)cc21. The number of nitrogens with zero attached hydrogens (tertiary/aromatic N) is 1. The van der Waals surface area contributed by atoms with E-state index in [9.17, 15) is 9.59 Å². The topological polar surface area (TPSA) is 64.1 Å². The Hall–Kier alpha value is -2.30. The van der Waals surface area contributed by atoms with E-state index in [2.05, 4.69) is 11.6 Å². The summed E-state index contributed by atoms with van der Waals surface area (Å²) < 4.78 is 6.12. The summed E-state index contributed by atoms with van der Waals surface area (Å²) in [5.41, 5.74) is 0.907. The van der Waals surface area contributed by atoms with Gasteiger partial charge in [0.25, 0.3) is 5.91 Å². The molecule has 2 rings (SSSR count). The first-order valence-electron chi connectivity index (χ1n) is 5.03. The molecule has 5 nitrogen and oxygen atoms in total. The van der Waals surface area contributed by atoms with Crippen LogP contribution < -0.4 is 10.4 Å². The average molecular weight is 232 g/mol. The van der Waals surface area contributed by atoms with Gasteiger partial charge in [0.15, 0.2) is 0 Å². The molecule has 0 spiro atoms. The molecular weight excluding hydrogens is 220 g/mol. The van der Waals surface area contributed by atoms with E-state index >= 15 is 0 Å². The van der Waals surface area contributed by atoms with E-state index in [0.29, 0.717) is 22.4 Å². The van der Waals surface area contributed by atoms with Gasteiger partial charge < -0.3 is 9.72 Å². The molecule has 1 heterocycles. The fourth-order valence-electron chi connectivity index (χ4n) is 1.60. The fourth-order valence-corrected chi connectivity index (χ4v) is 1.60. The summed E-state index contributed by atoms with van der Waals surface area (Å²) in [5.74, 6) is 0.161. The molecule has 0 bridgehead atoms. The van der Waals surface area contributed by atoms with Crippen molar-refractivity contribution in [2.24, 2.45) is 0 Å². The number of nitrogens with one attached hydrogen (secondary N) is 1. The van der Waals surface area contributed by atoms with Crippen LogP contribution in [0.25, 0.3) is 11.0 Å². The van der Waals surface area contributed by atoms with E-state index in [1.165, 1.54) is 7.11 Å². The summed E-state index contributed by atoms with van der Waals surface area (Å²) in [6.07, 6.45) is 0. The normalized spacial score (nSPS) is 10.5. The lowest BCUT2D eigenvalue weighted by atomic mass is 10.2. The van der Waals surface area contributed by atoms with E-state index < -0.39 is 11.6 Å². The molecule has 2 aromatic rings. The molecule has 1 aromatic carbocycles. The average Bonchev–Trinajstić information content (AvgIpc) is 2.62. The first-order chi connectivity index (χ1) is 8.04. The molecule has 0 aliphatic heterocycles. The number of aromatic amines is 1. The number of fused-ring (bicyclic) bond motifs is 1. The highest BCUT2D eigenvalue weighted by Crippen LogP contribution is 2.18. The Balaban J connectivity index is 2.77. The summed E-state index contributed by atoms with van der Waals surface area (Å²) in [5, 5.41) is 0. The maximum atomic E-state index is 11.8. The number of carbonyl (C=O) groups is 1. The summed E-state index contributed by atoms with van der Waals surface area (Å²) in [6.45, 7) is 5.11. The molecule has 0 amide bonds. The van der Waals surface area contributed by atoms with Gasteiger partial charge >= 0.3 is 5.69 Å². The summed E-state index contributed by atoms with van der Waals surface area (Å²) in [6, 6.07) is 5.04. The van der Waals surface area contributed by atoms with Crippen LogP contribution in [0.4, 0.5) is 0 Å². The molecule has 0 saturated heterocycles. The second-order valence-electron chi connectivity index (χ2n) is 3.73. The van der Waals surface area contributed by atoms with Gasteiger partial charge in [-0.1, -0.05) is 6.58 Å². The van der Waals surface area contributed by atoms with Crippen molar-refractivity contribution in [1.29, 1.82) is 0 Å². The van der Waals surface area contributed by atoms with Crippen LogP contribution in [0, 0.1) is 0 Å². The summed E-state index contributed by atoms with van der Waals surface area (Å²) in [4.78, 5) is 26.1. The molecule has 1 aromatic heterocycles. The minimum atomic E-state index is -0.471.